The van der Waals surface area contributed by atoms with E-state index in [1.54, 1.807) is 12.1 Å². The van der Waals surface area contributed by atoms with Crippen LogP contribution < -0.4 is 4.74 Å². The second kappa shape index (κ2) is 7.20. The zero-order valence-corrected chi connectivity index (χ0v) is 13.5. The van der Waals surface area contributed by atoms with Gasteiger partial charge in [-0.05, 0) is 41.0 Å². The lowest BCUT2D eigenvalue weighted by atomic mass is 10.0. The third kappa shape index (κ3) is 3.76. The summed E-state index contributed by atoms with van der Waals surface area (Å²) in [4.78, 5) is 11.0. The predicted octanol–water partition coefficient (Wildman–Crippen LogP) is 5.28. The zero-order valence-electron chi connectivity index (χ0n) is 12.8. The number of aromatic carboxylic acids is 1. The summed E-state index contributed by atoms with van der Waals surface area (Å²) < 4.78 is 5.75. The molecule has 120 valence electrons. The first-order chi connectivity index (χ1) is 11.6. The van der Waals surface area contributed by atoms with Crippen molar-refractivity contribution in [3.63, 3.8) is 0 Å². The highest BCUT2D eigenvalue weighted by Crippen LogP contribution is 2.27. The Morgan fingerprint density at radius 2 is 1.58 bits per heavy atom. The quantitative estimate of drug-likeness (QED) is 0.688. The van der Waals surface area contributed by atoms with E-state index in [0.29, 0.717) is 6.61 Å². The molecule has 0 fully saturated rings. The maximum Gasteiger partial charge on any atom is 0.337 e. The van der Waals surface area contributed by atoms with Crippen LogP contribution in [-0.2, 0) is 6.61 Å². The highest BCUT2D eigenvalue weighted by molar-refractivity contribution is 6.33. The molecule has 3 nitrogen and oxygen atoms in total. The van der Waals surface area contributed by atoms with E-state index < -0.39 is 5.97 Å². The summed E-state index contributed by atoms with van der Waals surface area (Å²) in [6.45, 7) is 0.513. The van der Waals surface area contributed by atoms with Crippen molar-refractivity contribution >= 4 is 17.6 Å². The summed E-state index contributed by atoms with van der Waals surface area (Å²) in [5, 5.41) is 9.24. The molecule has 0 aliphatic rings. The van der Waals surface area contributed by atoms with Gasteiger partial charge < -0.3 is 9.84 Å². The molecule has 3 rings (SSSR count). The fraction of sp³-hybridized carbons (Fsp3) is 0.0500. The molecule has 3 aromatic carbocycles. The van der Waals surface area contributed by atoms with Crippen LogP contribution >= 0.6 is 11.6 Å². The van der Waals surface area contributed by atoms with Gasteiger partial charge in [0.1, 0.15) is 12.4 Å². The zero-order chi connectivity index (χ0) is 16.9. The minimum absolute atomic E-state index is 0.100. The number of halogens is 1. The van der Waals surface area contributed by atoms with Gasteiger partial charge in [0.2, 0.25) is 0 Å². The molecule has 0 spiro atoms. The summed E-state index contributed by atoms with van der Waals surface area (Å²) >= 11 is 6.02. The van der Waals surface area contributed by atoms with Crippen molar-refractivity contribution in [3.05, 3.63) is 88.9 Å². The average molecular weight is 339 g/mol. The number of rotatable bonds is 5. The van der Waals surface area contributed by atoms with Gasteiger partial charge in [-0.3, -0.25) is 0 Å². The molecule has 0 unspecified atom stereocenters. The van der Waals surface area contributed by atoms with E-state index in [1.165, 1.54) is 6.07 Å². The van der Waals surface area contributed by atoms with Gasteiger partial charge in [-0.25, -0.2) is 4.79 Å². The Kier molecular flexibility index (Phi) is 4.82. The van der Waals surface area contributed by atoms with Crippen molar-refractivity contribution in [2.24, 2.45) is 0 Å². The molecule has 3 aromatic rings. The monoisotopic (exact) mass is 338 g/mol. The van der Waals surface area contributed by atoms with E-state index in [0.717, 1.165) is 22.4 Å². The smallest absolute Gasteiger partial charge is 0.337 e. The Hall–Kier alpha value is -2.78. The van der Waals surface area contributed by atoms with Crippen LogP contribution in [0.1, 0.15) is 15.9 Å². The minimum atomic E-state index is -1.03. The summed E-state index contributed by atoms with van der Waals surface area (Å²) in [5.74, 6) is -0.257. The van der Waals surface area contributed by atoms with Crippen LogP contribution in [0.5, 0.6) is 5.75 Å². The molecule has 0 heterocycles. The van der Waals surface area contributed by atoms with Crippen molar-refractivity contribution < 1.29 is 14.6 Å². The Morgan fingerprint density at radius 1 is 0.917 bits per heavy atom. The lowest BCUT2D eigenvalue weighted by Crippen LogP contribution is -1.97. The first kappa shape index (κ1) is 16.1. The lowest BCUT2D eigenvalue weighted by molar-refractivity contribution is 0.0697. The van der Waals surface area contributed by atoms with Crippen LogP contribution in [0.2, 0.25) is 5.02 Å². The summed E-state index contributed by atoms with van der Waals surface area (Å²) in [7, 11) is 0. The second-order valence-electron chi connectivity index (χ2n) is 5.30. The normalized spacial score (nSPS) is 10.4. The van der Waals surface area contributed by atoms with Crippen LogP contribution in [0.4, 0.5) is 0 Å². The fourth-order valence-electron chi connectivity index (χ4n) is 2.35. The molecular weight excluding hydrogens is 324 g/mol. The SMILES string of the molecule is O=C(O)c1ccc(-c2ccc(OCc3ccccc3)cc2)cc1Cl. The number of hydrogen-bond donors (Lipinski definition) is 1. The summed E-state index contributed by atoms with van der Waals surface area (Å²) in [6, 6.07) is 22.5. The minimum Gasteiger partial charge on any atom is -0.489 e. The predicted molar refractivity (Wildman–Crippen MR) is 94.6 cm³/mol. The van der Waals surface area contributed by atoms with E-state index in [9.17, 15) is 4.79 Å². The molecule has 24 heavy (non-hydrogen) atoms. The Labute approximate surface area is 145 Å². The number of ether oxygens (including phenoxy) is 1. The summed E-state index contributed by atoms with van der Waals surface area (Å²) in [5.41, 5.74) is 3.02. The average Bonchev–Trinajstić information content (AvgIpc) is 2.61. The molecule has 0 saturated carbocycles. The Bertz CT molecular complexity index is 843. The van der Waals surface area contributed by atoms with E-state index in [2.05, 4.69) is 0 Å². The van der Waals surface area contributed by atoms with Crippen LogP contribution in [0.25, 0.3) is 11.1 Å². The van der Waals surface area contributed by atoms with Gasteiger partial charge >= 0.3 is 5.97 Å². The maximum absolute atomic E-state index is 11.0. The number of carboxylic acid groups (broad SMARTS) is 1. The molecule has 0 aliphatic heterocycles. The van der Waals surface area contributed by atoms with Crippen molar-refractivity contribution in [2.75, 3.05) is 0 Å². The van der Waals surface area contributed by atoms with E-state index in [-0.39, 0.29) is 10.6 Å². The Morgan fingerprint density at radius 3 is 2.21 bits per heavy atom. The molecule has 0 aliphatic carbocycles. The molecular formula is C20H15ClO3. The van der Waals surface area contributed by atoms with Gasteiger partial charge in [0, 0.05) is 0 Å². The van der Waals surface area contributed by atoms with E-state index in [1.807, 2.05) is 54.6 Å². The van der Waals surface area contributed by atoms with E-state index in [4.69, 9.17) is 21.4 Å². The number of carbonyl (C=O) groups is 1. The first-order valence-corrected chi connectivity index (χ1v) is 7.81. The van der Waals surface area contributed by atoms with Crippen molar-refractivity contribution in [1.82, 2.24) is 0 Å². The van der Waals surface area contributed by atoms with Crippen molar-refractivity contribution in [1.29, 1.82) is 0 Å². The third-order valence-corrected chi connectivity index (χ3v) is 3.95. The standard InChI is InChI=1S/C20H15ClO3/c21-19-12-16(8-11-18(19)20(22)23)15-6-9-17(10-7-15)24-13-14-4-2-1-3-5-14/h1-12H,13H2,(H,22,23). The van der Waals surface area contributed by atoms with Crippen LogP contribution in [0, 0.1) is 0 Å². The van der Waals surface area contributed by atoms with Crippen LogP contribution in [0.15, 0.2) is 72.8 Å². The fourth-order valence-corrected chi connectivity index (χ4v) is 2.61. The summed E-state index contributed by atoms with van der Waals surface area (Å²) in [6.07, 6.45) is 0. The topological polar surface area (TPSA) is 46.5 Å². The highest BCUT2D eigenvalue weighted by Gasteiger charge is 2.09. The van der Waals surface area contributed by atoms with Crippen LogP contribution in [0.3, 0.4) is 0 Å². The second-order valence-corrected chi connectivity index (χ2v) is 5.71. The van der Waals surface area contributed by atoms with Gasteiger partial charge in [0.25, 0.3) is 0 Å². The Balaban J connectivity index is 1.72. The highest BCUT2D eigenvalue weighted by atomic mass is 35.5. The molecule has 0 bridgehead atoms. The number of hydrogen-bond acceptors (Lipinski definition) is 2. The van der Waals surface area contributed by atoms with Crippen molar-refractivity contribution in [3.8, 4) is 16.9 Å². The molecule has 1 N–H and O–H groups in total. The maximum atomic E-state index is 11.0. The molecule has 0 aromatic heterocycles. The molecule has 4 heteroatoms. The van der Waals surface area contributed by atoms with Gasteiger partial charge in [-0.1, -0.05) is 60.1 Å². The van der Waals surface area contributed by atoms with Crippen molar-refractivity contribution in [2.45, 2.75) is 6.61 Å². The lowest BCUT2D eigenvalue weighted by Gasteiger charge is -2.08. The van der Waals surface area contributed by atoms with Gasteiger partial charge in [-0.2, -0.15) is 0 Å². The first-order valence-electron chi connectivity index (χ1n) is 7.43. The number of carboxylic acids is 1. The van der Waals surface area contributed by atoms with Gasteiger partial charge in [0.05, 0.1) is 10.6 Å². The van der Waals surface area contributed by atoms with Gasteiger partial charge in [0.15, 0.2) is 0 Å². The van der Waals surface area contributed by atoms with E-state index >= 15 is 0 Å². The van der Waals surface area contributed by atoms with Crippen LogP contribution in [-0.4, -0.2) is 11.1 Å². The third-order valence-electron chi connectivity index (χ3n) is 3.64. The number of benzene rings is 3. The molecule has 0 saturated heterocycles. The molecule has 0 atom stereocenters. The molecule has 0 radical (unpaired) electrons. The molecule has 0 amide bonds. The van der Waals surface area contributed by atoms with Gasteiger partial charge in [-0.15, -0.1) is 0 Å². The largest absolute Gasteiger partial charge is 0.489 e.